The van der Waals surface area contributed by atoms with Gasteiger partial charge in [0, 0.05) is 0 Å². The maximum Gasteiger partial charge on any atom is 0.225 e. The second-order valence-corrected chi connectivity index (χ2v) is 4.06. The molecule has 0 radical (unpaired) electrons. The first-order chi connectivity index (χ1) is 7.52. The molecule has 1 aromatic rings. The highest BCUT2D eigenvalue weighted by atomic mass is 16.1. The van der Waals surface area contributed by atoms with Gasteiger partial charge in [-0.3, -0.25) is 4.79 Å². The predicted molar refractivity (Wildman–Crippen MR) is 66.1 cm³/mol. The van der Waals surface area contributed by atoms with E-state index in [9.17, 15) is 4.79 Å². The van der Waals surface area contributed by atoms with Crippen LogP contribution in [0, 0.1) is 26.2 Å². The Kier molecular flexibility index (Phi) is 4.13. The molecule has 0 aromatic heterocycles. The van der Waals surface area contributed by atoms with Gasteiger partial charge in [0.05, 0.1) is 12.5 Å². The van der Waals surface area contributed by atoms with Crippen LogP contribution in [0.2, 0.25) is 0 Å². The predicted octanol–water partition coefficient (Wildman–Crippen LogP) is 1.98. The molecule has 1 amide bonds. The van der Waals surface area contributed by atoms with E-state index in [1.54, 1.807) is 6.92 Å². The van der Waals surface area contributed by atoms with Crippen LogP contribution in [0.1, 0.15) is 23.6 Å². The van der Waals surface area contributed by atoms with Gasteiger partial charge in [-0.15, -0.1) is 6.42 Å². The van der Waals surface area contributed by atoms with Crippen LogP contribution in [0.25, 0.3) is 0 Å². The maximum atomic E-state index is 11.6. The van der Waals surface area contributed by atoms with E-state index in [4.69, 9.17) is 6.42 Å². The normalized spacial score (nSPS) is 11.6. The van der Waals surface area contributed by atoms with Crippen molar-refractivity contribution >= 4 is 5.91 Å². The van der Waals surface area contributed by atoms with Gasteiger partial charge in [0.15, 0.2) is 0 Å². The molecule has 16 heavy (non-hydrogen) atoms. The van der Waals surface area contributed by atoms with Crippen LogP contribution in [0.15, 0.2) is 18.2 Å². The minimum atomic E-state index is -0.211. The molecule has 84 valence electrons. The topological polar surface area (TPSA) is 29.1 Å². The second-order valence-electron chi connectivity index (χ2n) is 4.06. The van der Waals surface area contributed by atoms with Gasteiger partial charge < -0.3 is 5.32 Å². The molecule has 0 bridgehead atoms. The fourth-order valence-electron chi connectivity index (χ4n) is 1.50. The summed E-state index contributed by atoms with van der Waals surface area (Å²) >= 11 is 0. The van der Waals surface area contributed by atoms with Crippen molar-refractivity contribution in [1.82, 2.24) is 5.32 Å². The average molecular weight is 215 g/mol. The Bertz CT molecular complexity index is 429. The number of hydrogen-bond acceptors (Lipinski definition) is 1. The van der Waals surface area contributed by atoms with Crippen molar-refractivity contribution in [2.24, 2.45) is 0 Å². The number of terminal acetylenes is 1. The maximum absolute atomic E-state index is 11.6. The number of nitrogens with one attached hydrogen (secondary N) is 1. The molecule has 0 saturated carbocycles. The molecule has 1 N–H and O–H groups in total. The molecule has 0 fully saturated rings. The van der Waals surface area contributed by atoms with E-state index in [0.29, 0.717) is 6.42 Å². The quantitative estimate of drug-likeness (QED) is 0.767. The molecule has 1 aromatic carbocycles. The van der Waals surface area contributed by atoms with Gasteiger partial charge in [-0.05, 0) is 31.9 Å². The average Bonchev–Trinajstić information content (AvgIpc) is 2.23. The minimum Gasteiger partial charge on any atom is -0.342 e. The van der Waals surface area contributed by atoms with Crippen molar-refractivity contribution in [2.45, 2.75) is 33.2 Å². The summed E-state index contributed by atoms with van der Waals surface area (Å²) in [6, 6.07) is 5.90. The summed E-state index contributed by atoms with van der Waals surface area (Å²) < 4.78 is 0. The molecule has 0 saturated heterocycles. The smallest absolute Gasteiger partial charge is 0.225 e. The molecular weight excluding hydrogens is 198 g/mol. The van der Waals surface area contributed by atoms with Gasteiger partial charge in [0.2, 0.25) is 5.91 Å². The summed E-state index contributed by atoms with van der Waals surface area (Å²) in [5.74, 6) is 2.45. The summed E-state index contributed by atoms with van der Waals surface area (Å²) in [5, 5.41) is 2.75. The molecule has 2 heteroatoms. The Balaban J connectivity index is 2.70. The fourth-order valence-corrected chi connectivity index (χ4v) is 1.50. The lowest BCUT2D eigenvalue weighted by Crippen LogP contribution is -2.32. The van der Waals surface area contributed by atoms with Crippen molar-refractivity contribution in [2.75, 3.05) is 0 Å². The number of carbonyl (C=O) groups is 1. The number of amides is 1. The van der Waals surface area contributed by atoms with Gasteiger partial charge in [-0.1, -0.05) is 29.7 Å². The van der Waals surface area contributed by atoms with E-state index in [1.165, 1.54) is 5.56 Å². The van der Waals surface area contributed by atoms with Gasteiger partial charge in [0.1, 0.15) is 0 Å². The monoisotopic (exact) mass is 215 g/mol. The highest BCUT2D eigenvalue weighted by Crippen LogP contribution is 2.11. The zero-order chi connectivity index (χ0) is 12.1. The SMILES string of the molecule is C#CC(C)NC(=O)Cc1cc(C)ccc1C. The third kappa shape index (κ3) is 3.43. The fraction of sp³-hybridized carbons (Fsp3) is 0.357. The van der Waals surface area contributed by atoms with E-state index in [1.807, 2.05) is 32.0 Å². The van der Waals surface area contributed by atoms with Gasteiger partial charge in [0.25, 0.3) is 0 Å². The number of benzene rings is 1. The third-order valence-corrected chi connectivity index (χ3v) is 2.48. The largest absolute Gasteiger partial charge is 0.342 e. The molecule has 0 aliphatic rings. The summed E-state index contributed by atoms with van der Waals surface area (Å²) in [7, 11) is 0. The van der Waals surface area contributed by atoms with Gasteiger partial charge in [-0.25, -0.2) is 0 Å². The standard InChI is InChI=1S/C14H17NO/c1-5-12(4)15-14(16)9-13-8-10(2)6-7-11(13)3/h1,6-8,12H,9H2,2-4H3,(H,15,16). The molecule has 2 nitrogen and oxygen atoms in total. The molecule has 0 heterocycles. The van der Waals surface area contributed by atoms with Crippen molar-refractivity contribution in [3.63, 3.8) is 0 Å². The number of rotatable bonds is 3. The second kappa shape index (κ2) is 5.37. The molecule has 0 aliphatic carbocycles. The zero-order valence-electron chi connectivity index (χ0n) is 10.0. The Hall–Kier alpha value is -1.75. The Labute approximate surface area is 97.1 Å². The first kappa shape index (κ1) is 12.3. The summed E-state index contributed by atoms with van der Waals surface area (Å²) in [5.41, 5.74) is 3.36. The van der Waals surface area contributed by atoms with Gasteiger partial charge >= 0.3 is 0 Å². The van der Waals surface area contributed by atoms with Crippen LogP contribution in [0.5, 0.6) is 0 Å². The van der Waals surface area contributed by atoms with Crippen LogP contribution in [0.4, 0.5) is 0 Å². The number of carbonyl (C=O) groups excluding carboxylic acids is 1. The minimum absolute atomic E-state index is 0.0286. The Morgan fingerprint density at radius 1 is 1.50 bits per heavy atom. The van der Waals surface area contributed by atoms with Crippen molar-refractivity contribution in [3.8, 4) is 12.3 Å². The zero-order valence-corrected chi connectivity index (χ0v) is 10.0. The third-order valence-electron chi connectivity index (χ3n) is 2.48. The van der Waals surface area contributed by atoms with E-state index >= 15 is 0 Å². The lowest BCUT2D eigenvalue weighted by atomic mass is 10.0. The Morgan fingerprint density at radius 2 is 2.19 bits per heavy atom. The van der Waals surface area contributed by atoms with Crippen LogP contribution < -0.4 is 5.32 Å². The molecule has 1 rings (SSSR count). The molecule has 1 unspecified atom stereocenters. The van der Waals surface area contributed by atoms with Crippen LogP contribution >= 0.6 is 0 Å². The summed E-state index contributed by atoms with van der Waals surface area (Å²) in [6.45, 7) is 5.82. The van der Waals surface area contributed by atoms with E-state index < -0.39 is 0 Å². The highest BCUT2D eigenvalue weighted by molar-refractivity contribution is 5.79. The summed E-state index contributed by atoms with van der Waals surface area (Å²) in [4.78, 5) is 11.6. The van der Waals surface area contributed by atoms with Crippen molar-refractivity contribution in [3.05, 3.63) is 34.9 Å². The van der Waals surface area contributed by atoms with E-state index in [-0.39, 0.29) is 11.9 Å². The molecule has 0 spiro atoms. The van der Waals surface area contributed by atoms with Crippen LogP contribution in [-0.4, -0.2) is 11.9 Å². The lowest BCUT2D eigenvalue weighted by molar-refractivity contribution is -0.120. The first-order valence-electron chi connectivity index (χ1n) is 5.34. The first-order valence-corrected chi connectivity index (χ1v) is 5.34. The van der Waals surface area contributed by atoms with E-state index in [2.05, 4.69) is 11.2 Å². The van der Waals surface area contributed by atoms with Crippen LogP contribution in [0.3, 0.4) is 0 Å². The van der Waals surface area contributed by atoms with Crippen molar-refractivity contribution < 1.29 is 4.79 Å². The number of aryl methyl sites for hydroxylation is 2. The summed E-state index contributed by atoms with van der Waals surface area (Å²) in [6.07, 6.45) is 5.59. The highest BCUT2D eigenvalue weighted by Gasteiger charge is 2.07. The molecular formula is C14H17NO. The number of hydrogen-bond donors (Lipinski definition) is 1. The van der Waals surface area contributed by atoms with Crippen LogP contribution in [-0.2, 0) is 11.2 Å². The Morgan fingerprint density at radius 3 is 2.81 bits per heavy atom. The molecule has 0 aliphatic heterocycles. The van der Waals surface area contributed by atoms with Gasteiger partial charge in [-0.2, -0.15) is 0 Å². The lowest BCUT2D eigenvalue weighted by Gasteiger charge is -2.10. The van der Waals surface area contributed by atoms with E-state index in [0.717, 1.165) is 11.1 Å². The van der Waals surface area contributed by atoms with Crippen molar-refractivity contribution in [1.29, 1.82) is 0 Å². The molecule has 1 atom stereocenters.